The summed E-state index contributed by atoms with van der Waals surface area (Å²) in [7, 11) is 0. The minimum Gasteiger partial charge on any atom is -0.300 e. The Kier molecular flexibility index (Phi) is 5.28. The Bertz CT molecular complexity index is 240. The average molecular weight is 222 g/mol. The van der Waals surface area contributed by atoms with Gasteiger partial charge in [0.2, 0.25) is 0 Å². The zero-order valence-electron chi connectivity index (χ0n) is 11.1. The molecular weight excluding hydrogens is 196 g/mol. The van der Waals surface area contributed by atoms with Gasteiger partial charge in [0.1, 0.15) is 0 Å². The first kappa shape index (κ1) is 13.5. The maximum Gasteiger partial charge on any atom is 0.0684 e. The van der Waals surface area contributed by atoms with Crippen molar-refractivity contribution in [1.29, 1.82) is 5.26 Å². The molecule has 1 aliphatic rings. The van der Waals surface area contributed by atoms with E-state index >= 15 is 0 Å². The molecule has 1 saturated heterocycles. The first-order chi connectivity index (χ1) is 7.59. The highest BCUT2D eigenvalue weighted by atomic mass is 15.2. The van der Waals surface area contributed by atoms with Crippen LogP contribution in [0.25, 0.3) is 0 Å². The smallest absolute Gasteiger partial charge is 0.0684 e. The van der Waals surface area contributed by atoms with Crippen molar-refractivity contribution in [2.45, 2.75) is 65.3 Å². The molecule has 2 heteroatoms. The van der Waals surface area contributed by atoms with Crippen molar-refractivity contribution in [2.75, 3.05) is 13.1 Å². The van der Waals surface area contributed by atoms with Crippen LogP contribution < -0.4 is 0 Å². The fourth-order valence-electron chi connectivity index (χ4n) is 2.47. The molecule has 0 aromatic rings. The first-order valence-electron chi connectivity index (χ1n) is 6.74. The van der Waals surface area contributed by atoms with E-state index in [9.17, 15) is 0 Å². The number of nitriles is 1. The molecule has 1 aliphatic heterocycles. The first-order valence-corrected chi connectivity index (χ1v) is 6.74. The maximum absolute atomic E-state index is 9.03. The normalized spacial score (nSPS) is 23.8. The molecule has 0 saturated carbocycles. The van der Waals surface area contributed by atoms with Crippen molar-refractivity contribution < 1.29 is 0 Å². The molecule has 1 heterocycles. The predicted octanol–water partition coefficient (Wildman–Crippen LogP) is 3.58. The van der Waals surface area contributed by atoms with Crippen molar-refractivity contribution in [2.24, 2.45) is 5.41 Å². The van der Waals surface area contributed by atoms with Crippen molar-refractivity contribution in [1.82, 2.24) is 4.90 Å². The summed E-state index contributed by atoms with van der Waals surface area (Å²) in [6.07, 6.45) is 7.71. The van der Waals surface area contributed by atoms with Crippen LogP contribution >= 0.6 is 0 Å². The van der Waals surface area contributed by atoms with Crippen molar-refractivity contribution in [3.05, 3.63) is 0 Å². The molecule has 16 heavy (non-hydrogen) atoms. The molecule has 0 spiro atoms. The van der Waals surface area contributed by atoms with Crippen LogP contribution in [0.5, 0.6) is 0 Å². The summed E-state index contributed by atoms with van der Waals surface area (Å²) >= 11 is 0. The minimum atomic E-state index is -0.162. The van der Waals surface area contributed by atoms with Crippen LogP contribution in [0.4, 0.5) is 0 Å². The fourth-order valence-corrected chi connectivity index (χ4v) is 2.47. The van der Waals surface area contributed by atoms with Crippen LogP contribution in [0.3, 0.4) is 0 Å². The van der Waals surface area contributed by atoms with E-state index in [1.807, 2.05) is 13.8 Å². The van der Waals surface area contributed by atoms with Crippen LogP contribution in [0.15, 0.2) is 0 Å². The Labute approximate surface area is 101 Å². The molecule has 0 bridgehead atoms. The number of rotatable bonds is 4. The van der Waals surface area contributed by atoms with Crippen LogP contribution in [-0.4, -0.2) is 24.0 Å². The maximum atomic E-state index is 9.03. The van der Waals surface area contributed by atoms with Crippen molar-refractivity contribution >= 4 is 0 Å². The Morgan fingerprint density at radius 1 is 1.31 bits per heavy atom. The van der Waals surface area contributed by atoms with E-state index in [-0.39, 0.29) is 5.41 Å². The summed E-state index contributed by atoms with van der Waals surface area (Å²) in [5, 5.41) is 9.03. The minimum absolute atomic E-state index is 0.162. The van der Waals surface area contributed by atoms with Crippen LogP contribution in [0.2, 0.25) is 0 Å². The Balaban J connectivity index is 2.46. The summed E-state index contributed by atoms with van der Waals surface area (Å²) in [5.41, 5.74) is -0.162. The van der Waals surface area contributed by atoms with Crippen LogP contribution in [0, 0.1) is 16.7 Å². The van der Waals surface area contributed by atoms with E-state index in [1.54, 1.807) is 0 Å². The topological polar surface area (TPSA) is 27.0 Å². The van der Waals surface area contributed by atoms with E-state index < -0.39 is 0 Å². The van der Waals surface area contributed by atoms with Gasteiger partial charge >= 0.3 is 0 Å². The highest BCUT2D eigenvalue weighted by molar-refractivity contribution is 4.92. The summed E-state index contributed by atoms with van der Waals surface area (Å²) in [5.74, 6) is 0. The van der Waals surface area contributed by atoms with Gasteiger partial charge < -0.3 is 4.90 Å². The zero-order valence-corrected chi connectivity index (χ0v) is 11.1. The van der Waals surface area contributed by atoms with E-state index in [1.165, 1.54) is 38.6 Å². The zero-order chi connectivity index (χ0) is 12.0. The number of hydrogen-bond acceptors (Lipinski definition) is 2. The highest BCUT2D eigenvalue weighted by Gasteiger charge is 2.23. The molecule has 0 N–H and O–H groups in total. The molecular formula is C14H26N2. The van der Waals surface area contributed by atoms with E-state index in [2.05, 4.69) is 17.9 Å². The molecule has 1 rings (SSSR count). The third-order valence-electron chi connectivity index (χ3n) is 3.80. The lowest BCUT2D eigenvalue weighted by Crippen LogP contribution is -2.36. The Hall–Kier alpha value is -0.550. The Morgan fingerprint density at radius 3 is 2.69 bits per heavy atom. The average Bonchev–Trinajstić information content (AvgIpc) is 2.51. The van der Waals surface area contributed by atoms with E-state index in [0.717, 1.165) is 19.0 Å². The van der Waals surface area contributed by atoms with E-state index in [4.69, 9.17) is 5.26 Å². The predicted molar refractivity (Wildman–Crippen MR) is 68.1 cm³/mol. The summed E-state index contributed by atoms with van der Waals surface area (Å²) in [6.45, 7) is 8.72. The molecule has 1 fully saturated rings. The van der Waals surface area contributed by atoms with Crippen molar-refractivity contribution in [3.63, 3.8) is 0 Å². The third-order valence-corrected chi connectivity index (χ3v) is 3.80. The molecule has 1 atom stereocenters. The van der Waals surface area contributed by atoms with Gasteiger partial charge in [-0.15, -0.1) is 0 Å². The van der Waals surface area contributed by atoms with Gasteiger partial charge in [0.25, 0.3) is 0 Å². The highest BCUT2D eigenvalue weighted by Crippen LogP contribution is 2.23. The van der Waals surface area contributed by atoms with Crippen LogP contribution in [0.1, 0.15) is 59.3 Å². The van der Waals surface area contributed by atoms with Gasteiger partial charge in [-0.1, -0.05) is 19.8 Å². The molecule has 0 aromatic carbocycles. The second kappa shape index (κ2) is 6.25. The summed E-state index contributed by atoms with van der Waals surface area (Å²) in [4.78, 5) is 2.62. The largest absolute Gasteiger partial charge is 0.300 e. The molecule has 0 amide bonds. The lowest BCUT2D eigenvalue weighted by Gasteiger charge is -2.31. The van der Waals surface area contributed by atoms with Gasteiger partial charge in [-0.2, -0.15) is 5.26 Å². The molecule has 2 nitrogen and oxygen atoms in total. The van der Waals surface area contributed by atoms with Gasteiger partial charge in [0.15, 0.2) is 0 Å². The molecule has 0 radical (unpaired) electrons. The second-order valence-corrected chi connectivity index (χ2v) is 5.69. The molecule has 92 valence electrons. The standard InChI is InChI=1S/C14H26N2/c1-4-13-8-6-5-7-10-16(13)11-9-14(2,3)12-15/h13H,4-11H2,1-3H3. The summed E-state index contributed by atoms with van der Waals surface area (Å²) in [6, 6.07) is 3.16. The second-order valence-electron chi connectivity index (χ2n) is 5.69. The van der Waals surface area contributed by atoms with E-state index in [0.29, 0.717) is 0 Å². The number of hydrogen-bond donors (Lipinski definition) is 0. The number of likely N-dealkylation sites (tertiary alicyclic amines) is 1. The molecule has 0 aromatic heterocycles. The molecule has 1 unspecified atom stereocenters. The lowest BCUT2D eigenvalue weighted by atomic mass is 9.91. The Morgan fingerprint density at radius 2 is 2.06 bits per heavy atom. The van der Waals surface area contributed by atoms with Crippen LogP contribution in [-0.2, 0) is 0 Å². The SMILES string of the molecule is CCC1CCCCCN1CCC(C)(C)C#N. The number of nitrogens with zero attached hydrogens (tertiary/aromatic N) is 2. The van der Waals surface area contributed by atoms with Crippen molar-refractivity contribution in [3.8, 4) is 6.07 Å². The van der Waals surface area contributed by atoms with Gasteiger partial charge in [-0.05, 0) is 52.6 Å². The third kappa shape index (κ3) is 4.14. The quantitative estimate of drug-likeness (QED) is 0.727. The van der Waals surface area contributed by atoms with Gasteiger partial charge in [0, 0.05) is 6.04 Å². The van der Waals surface area contributed by atoms with Gasteiger partial charge in [-0.25, -0.2) is 0 Å². The fraction of sp³-hybridized carbons (Fsp3) is 0.929. The molecule has 0 aliphatic carbocycles. The summed E-state index contributed by atoms with van der Waals surface area (Å²) < 4.78 is 0. The monoisotopic (exact) mass is 222 g/mol. The van der Waals surface area contributed by atoms with Gasteiger partial charge in [0.05, 0.1) is 11.5 Å². The lowest BCUT2D eigenvalue weighted by molar-refractivity contribution is 0.176. The van der Waals surface area contributed by atoms with Gasteiger partial charge in [-0.3, -0.25) is 0 Å².